The predicted molar refractivity (Wildman–Crippen MR) is 101 cm³/mol. The van der Waals surface area contributed by atoms with Gasteiger partial charge in [-0.3, -0.25) is 9.48 Å². The number of halogens is 2. The Morgan fingerprint density at radius 3 is 2.65 bits per heavy atom. The van der Waals surface area contributed by atoms with Gasteiger partial charge in [0.15, 0.2) is 11.5 Å². The van der Waals surface area contributed by atoms with Crippen LogP contribution in [-0.4, -0.2) is 15.6 Å². The van der Waals surface area contributed by atoms with E-state index in [4.69, 9.17) is 32.4 Å². The second kappa shape index (κ2) is 7.81. The number of para-hydroxylation sites is 1. The standard InChI is InChI=1S/C19H16Cl2N2O3/c1-12-15(10-22-23(12)2)18(24)9-8-13-6-7-14(26-13)11-25-19-16(20)4-3-5-17(19)21/h3-10H,11H2,1-2H3. The minimum absolute atomic E-state index is 0.132. The number of rotatable bonds is 6. The van der Waals surface area contributed by atoms with Gasteiger partial charge in [0, 0.05) is 12.7 Å². The summed E-state index contributed by atoms with van der Waals surface area (Å²) in [7, 11) is 1.79. The first kappa shape index (κ1) is 18.3. The predicted octanol–water partition coefficient (Wildman–Crippen LogP) is 5.10. The van der Waals surface area contributed by atoms with E-state index < -0.39 is 0 Å². The van der Waals surface area contributed by atoms with Crippen LogP contribution in [0.25, 0.3) is 6.08 Å². The van der Waals surface area contributed by atoms with Gasteiger partial charge in [-0.25, -0.2) is 0 Å². The van der Waals surface area contributed by atoms with Crippen molar-refractivity contribution in [3.8, 4) is 5.75 Å². The van der Waals surface area contributed by atoms with E-state index in [0.29, 0.717) is 32.9 Å². The first-order chi connectivity index (χ1) is 12.5. The number of hydrogen-bond donors (Lipinski definition) is 0. The van der Waals surface area contributed by atoms with Gasteiger partial charge >= 0.3 is 0 Å². The maximum Gasteiger partial charge on any atom is 0.189 e. The molecule has 5 nitrogen and oxygen atoms in total. The summed E-state index contributed by atoms with van der Waals surface area (Å²) in [5.74, 6) is 1.41. The topological polar surface area (TPSA) is 57.3 Å². The van der Waals surface area contributed by atoms with Gasteiger partial charge in [0.25, 0.3) is 0 Å². The highest BCUT2D eigenvalue weighted by Crippen LogP contribution is 2.33. The van der Waals surface area contributed by atoms with Crippen LogP contribution < -0.4 is 4.74 Å². The zero-order valence-corrected chi connectivity index (χ0v) is 15.7. The maximum absolute atomic E-state index is 12.2. The first-order valence-electron chi connectivity index (χ1n) is 7.82. The summed E-state index contributed by atoms with van der Waals surface area (Å²) in [6.07, 6.45) is 4.62. The van der Waals surface area contributed by atoms with E-state index in [1.165, 1.54) is 6.08 Å². The Morgan fingerprint density at radius 1 is 1.27 bits per heavy atom. The third kappa shape index (κ3) is 4.00. The van der Waals surface area contributed by atoms with E-state index in [2.05, 4.69) is 5.10 Å². The number of hydrogen-bond acceptors (Lipinski definition) is 4. The molecule has 0 saturated heterocycles. The number of nitrogens with zero attached hydrogens (tertiary/aromatic N) is 2. The van der Waals surface area contributed by atoms with Crippen molar-refractivity contribution in [2.45, 2.75) is 13.5 Å². The number of ketones is 1. The van der Waals surface area contributed by atoms with E-state index in [1.807, 2.05) is 6.92 Å². The Kier molecular flexibility index (Phi) is 5.49. The van der Waals surface area contributed by atoms with Crippen molar-refractivity contribution in [3.63, 3.8) is 0 Å². The summed E-state index contributed by atoms with van der Waals surface area (Å²) in [5.41, 5.74) is 1.37. The van der Waals surface area contributed by atoms with Crippen LogP contribution >= 0.6 is 23.2 Å². The van der Waals surface area contributed by atoms with Crippen molar-refractivity contribution in [2.24, 2.45) is 7.05 Å². The molecule has 0 saturated carbocycles. The van der Waals surface area contributed by atoms with Crippen LogP contribution in [0, 0.1) is 6.92 Å². The van der Waals surface area contributed by atoms with Crippen LogP contribution in [-0.2, 0) is 13.7 Å². The van der Waals surface area contributed by atoms with Crippen LogP contribution in [0.2, 0.25) is 10.0 Å². The molecular formula is C19H16Cl2N2O3. The van der Waals surface area contributed by atoms with E-state index in [9.17, 15) is 4.79 Å². The number of benzene rings is 1. The molecule has 0 aliphatic carbocycles. The molecule has 134 valence electrons. The second-order valence-corrected chi connectivity index (χ2v) is 6.42. The van der Waals surface area contributed by atoms with E-state index in [-0.39, 0.29) is 12.4 Å². The molecule has 0 bridgehead atoms. The molecule has 0 radical (unpaired) electrons. The SMILES string of the molecule is Cc1c(C(=O)C=Cc2ccc(COc3c(Cl)cccc3Cl)o2)cnn1C. The van der Waals surface area contributed by atoms with Gasteiger partial charge in [-0.2, -0.15) is 5.10 Å². The maximum atomic E-state index is 12.2. The fraction of sp³-hybridized carbons (Fsp3) is 0.158. The molecule has 0 atom stereocenters. The largest absolute Gasteiger partial charge is 0.483 e. The van der Waals surface area contributed by atoms with Gasteiger partial charge in [0.05, 0.1) is 21.8 Å². The van der Waals surface area contributed by atoms with Crippen molar-refractivity contribution in [3.05, 3.63) is 75.4 Å². The molecule has 2 aromatic heterocycles. The van der Waals surface area contributed by atoms with Gasteiger partial charge in [0.2, 0.25) is 0 Å². The van der Waals surface area contributed by atoms with Crippen molar-refractivity contribution in [2.75, 3.05) is 0 Å². The second-order valence-electron chi connectivity index (χ2n) is 5.61. The summed E-state index contributed by atoms with van der Waals surface area (Å²) >= 11 is 12.1. The molecular weight excluding hydrogens is 375 g/mol. The molecule has 0 aliphatic heterocycles. The van der Waals surface area contributed by atoms with Gasteiger partial charge in [-0.15, -0.1) is 0 Å². The zero-order chi connectivity index (χ0) is 18.7. The summed E-state index contributed by atoms with van der Waals surface area (Å²) < 4.78 is 12.9. The molecule has 2 heterocycles. The number of aryl methyl sites for hydroxylation is 1. The van der Waals surface area contributed by atoms with Crippen molar-refractivity contribution in [1.82, 2.24) is 9.78 Å². The number of carbonyl (C=O) groups is 1. The fourth-order valence-electron chi connectivity index (χ4n) is 2.31. The Bertz CT molecular complexity index is 953. The lowest BCUT2D eigenvalue weighted by molar-refractivity contribution is 0.104. The lowest BCUT2D eigenvalue weighted by Gasteiger charge is -2.07. The van der Waals surface area contributed by atoms with Crippen LogP contribution in [0.15, 0.2) is 47.0 Å². The monoisotopic (exact) mass is 390 g/mol. The Morgan fingerprint density at radius 2 is 2.00 bits per heavy atom. The van der Waals surface area contributed by atoms with Crippen LogP contribution in [0.5, 0.6) is 5.75 Å². The van der Waals surface area contributed by atoms with Gasteiger partial charge in [0.1, 0.15) is 18.1 Å². The summed E-state index contributed by atoms with van der Waals surface area (Å²) in [6, 6.07) is 8.67. The molecule has 0 amide bonds. The molecule has 26 heavy (non-hydrogen) atoms. The summed E-state index contributed by atoms with van der Waals surface area (Å²) in [4.78, 5) is 12.2. The number of ether oxygens (including phenoxy) is 1. The third-order valence-corrected chi connectivity index (χ3v) is 4.46. The minimum Gasteiger partial charge on any atom is -0.483 e. The number of aromatic nitrogens is 2. The summed E-state index contributed by atoms with van der Waals surface area (Å²) in [5, 5.41) is 4.93. The Labute approximate surface area is 160 Å². The average molecular weight is 391 g/mol. The molecule has 3 rings (SSSR count). The highest BCUT2D eigenvalue weighted by atomic mass is 35.5. The van der Waals surface area contributed by atoms with Crippen molar-refractivity contribution >= 4 is 35.1 Å². The van der Waals surface area contributed by atoms with Crippen molar-refractivity contribution in [1.29, 1.82) is 0 Å². The first-order valence-corrected chi connectivity index (χ1v) is 8.58. The molecule has 0 aliphatic rings. The summed E-state index contributed by atoms with van der Waals surface area (Å²) in [6.45, 7) is 2.02. The Hall–Kier alpha value is -2.50. The zero-order valence-electron chi connectivity index (χ0n) is 14.2. The number of allylic oxidation sites excluding steroid dienone is 1. The molecule has 0 N–H and O–H groups in total. The minimum atomic E-state index is -0.132. The fourth-order valence-corrected chi connectivity index (χ4v) is 2.82. The molecule has 1 aromatic carbocycles. The normalized spacial score (nSPS) is 11.2. The smallest absolute Gasteiger partial charge is 0.189 e. The van der Waals surface area contributed by atoms with Crippen LogP contribution in [0.1, 0.15) is 27.6 Å². The quantitative estimate of drug-likeness (QED) is 0.433. The van der Waals surface area contributed by atoms with Gasteiger partial charge in [-0.05, 0) is 43.3 Å². The van der Waals surface area contributed by atoms with Gasteiger partial charge < -0.3 is 9.15 Å². The Balaban J connectivity index is 1.64. The molecule has 3 aromatic rings. The average Bonchev–Trinajstić information content (AvgIpc) is 3.20. The van der Waals surface area contributed by atoms with Crippen LogP contribution in [0.4, 0.5) is 0 Å². The van der Waals surface area contributed by atoms with Crippen LogP contribution in [0.3, 0.4) is 0 Å². The highest BCUT2D eigenvalue weighted by Gasteiger charge is 2.11. The molecule has 0 unspecified atom stereocenters. The lowest BCUT2D eigenvalue weighted by Crippen LogP contribution is -1.98. The van der Waals surface area contributed by atoms with Crippen molar-refractivity contribution < 1.29 is 13.9 Å². The van der Waals surface area contributed by atoms with E-state index >= 15 is 0 Å². The van der Waals surface area contributed by atoms with E-state index in [1.54, 1.807) is 54.3 Å². The number of carbonyl (C=O) groups excluding carboxylic acids is 1. The van der Waals surface area contributed by atoms with Gasteiger partial charge in [-0.1, -0.05) is 29.3 Å². The lowest BCUT2D eigenvalue weighted by atomic mass is 10.1. The third-order valence-electron chi connectivity index (χ3n) is 3.86. The molecule has 7 heteroatoms. The van der Waals surface area contributed by atoms with E-state index in [0.717, 1.165) is 5.69 Å². The molecule has 0 fully saturated rings. The highest BCUT2D eigenvalue weighted by molar-refractivity contribution is 6.37. The number of furan rings is 1. The molecule has 0 spiro atoms.